The van der Waals surface area contributed by atoms with Crippen molar-refractivity contribution < 1.29 is 5.11 Å². The fourth-order valence-electron chi connectivity index (χ4n) is 2.47. The van der Waals surface area contributed by atoms with Gasteiger partial charge in [-0.2, -0.15) is 0 Å². The van der Waals surface area contributed by atoms with Crippen LogP contribution < -0.4 is 0 Å². The Bertz CT molecular complexity index is 162. The highest BCUT2D eigenvalue weighted by Gasteiger charge is 2.40. The van der Waals surface area contributed by atoms with Gasteiger partial charge in [0.15, 0.2) is 0 Å². The Morgan fingerprint density at radius 2 is 2.10 bits per heavy atom. The van der Waals surface area contributed by atoms with E-state index >= 15 is 0 Å². The number of allylic oxidation sites excluding steroid dienone is 2. The van der Waals surface area contributed by atoms with E-state index in [2.05, 4.69) is 19.1 Å². The summed E-state index contributed by atoms with van der Waals surface area (Å²) in [7, 11) is 0. The summed E-state index contributed by atoms with van der Waals surface area (Å²) in [5, 5.41) is 9.02. The van der Waals surface area contributed by atoms with Crippen molar-refractivity contribution in [3.8, 4) is 0 Å². The van der Waals surface area contributed by atoms with Crippen molar-refractivity contribution >= 4 is 0 Å². The topological polar surface area (TPSA) is 20.2 Å². The van der Waals surface area contributed by atoms with Crippen molar-refractivity contribution in [2.45, 2.75) is 13.3 Å². The molecule has 0 amide bonds. The molecule has 1 nitrogen and oxygen atoms in total. The summed E-state index contributed by atoms with van der Waals surface area (Å²) < 4.78 is 0. The molecule has 1 N–H and O–H groups in total. The zero-order chi connectivity index (χ0) is 7.14. The van der Waals surface area contributed by atoms with Crippen LogP contribution in [0, 0.1) is 23.7 Å². The van der Waals surface area contributed by atoms with Crippen LogP contribution in [0.1, 0.15) is 13.3 Å². The molecule has 0 aromatic carbocycles. The predicted molar refractivity (Wildman–Crippen MR) is 40.5 cm³/mol. The van der Waals surface area contributed by atoms with Crippen LogP contribution in [0.4, 0.5) is 0 Å². The van der Waals surface area contributed by atoms with Gasteiger partial charge < -0.3 is 5.11 Å². The molecule has 2 rings (SSSR count). The van der Waals surface area contributed by atoms with Crippen molar-refractivity contribution in [3.05, 3.63) is 12.2 Å². The first-order chi connectivity index (χ1) is 4.83. The summed E-state index contributed by atoms with van der Waals surface area (Å²) in [6, 6.07) is 0. The molecule has 56 valence electrons. The van der Waals surface area contributed by atoms with Gasteiger partial charge in [-0.1, -0.05) is 19.1 Å². The molecule has 2 aliphatic carbocycles. The van der Waals surface area contributed by atoms with E-state index in [-0.39, 0.29) is 0 Å². The van der Waals surface area contributed by atoms with Crippen LogP contribution >= 0.6 is 0 Å². The van der Waals surface area contributed by atoms with Crippen LogP contribution in [-0.4, -0.2) is 11.7 Å². The van der Waals surface area contributed by atoms with E-state index in [1.165, 1.54) is 6.42 Å². The first kappa shape index (κ1) is 6.41. The molecule has 1 saturated carbocycles. The molecule has 10 heavy (non-hydrogen) atoms. The smallest absolute Gasteiger partial charge is 0.0467 e. The van der Waals surface area contributed by atoms with Crippen LogP contribution in [0.3, 0.4) is 0 Å². The van der Waals surface area contributed by atoms with E-state index in [4.69, 9.17) is 5.11 Å². The monoisotopic (exact) mass is 138 g/mol. The largest absolute Gasteiger partial charge is 0.396 e. The lowest BCUT2D eigenvalue weighted by molar-refractivity contribution is 0.172. The fourth-order valence-corrected chi connectivity index (χ4v) is 2.47. The standard InChI is InChI=1S/C9H14O/c1-6-7-2-3-8(4-7)9(6)5-10/h2-3,6-10H,4-5H2,1H3/t6-,7-,8-,9-/m0/s1. The molecular formula is C9H14O. The maximum absolute atomic E-state index is 9.02. The molecular weight excluding hydrogens is 124 g/mol. The second-order valence-electron chi connectivity index (χ2n) is 3.65. The maximum Gasteiger partial charge on any atom is 0.0467 e. The van der Waals surface area contributed by atoms with Gasteiger partial charge in [-0.25, -0.2) is 0 Å². The summed E-state index contributed by atoms with van der Waals surface area (Å²) in [5.41, 5.74) is 0. The third kappa shape index (κ3) is 0.671. The Balaban J connectivity index is 2.18. The van der Waals surface area contributed by atoms with Gasteiger partial charge in [-0.05, 0) is 30.1 Å². The van der Waals surface area contributed by atoms with Gasteiger partial charge in [0.05, 0.1) is 0 Å². The summed E-state index contributed by atoms with van der Waals surface area (Å²) in [4.78, 5) is 0. The van der Waals surface area contributed by atoms with E-state index in [1.54, 1.807) is 0 Å². The lowest BCUT2D eigenvalue weighted by Crippen LogP contribution is -2.19. The number of fused-ring (bicyclic) bond motifs is 2. The molecule has 0 aromatic rings. The molecule has 0 radical (unpaired) electrons. The van der Waals surface area contributed by atoms with Crippen LogP contribution in [0.15, 0.2) is 12.2 Å². The van der Waals surface area contributed by atoms with Crippen LogP contribution in [0.25, 0.3) is 0 Å². The van der Waals surface area contributed by atoms with Gasteiger partial charge in [0.1, 0.15) is 0 Å². The molecule has 0 heterocycles. The Hall–Kier alpha value is -0.300. The summed E-state index contributed by atoms with van der Waals surface area (Å²) >= 11 is 0. The van der Waals surface area contributed by atoms with Gasteiger partial charge >= 0.3 is 0 Å². The quantitative estimate of drug-likeness (QED) is 0.543. The minimum atomic E-state index is 0.382. The van der Waals surface area contributed by atoms with Crippen LogP contribution in [0.5, 0.6) is 0 Å². The SMILES string of the molecule is C[C@@H]1[C@H](CO)[C@H]2C=C[C@H]1C2. The molecule has 1 heteroatoms. The second-order valence-corrected chi connectivity index (χ2v) is 3.65. The van der Waals surface area contributed by atoms with Gasteiger partial charge in [0.25, 0.3) is 0 Å². The third-order valence-electron chi connectivity index (χ3n) is 3.26. The number of hydrogen-bond donors (Lipinski definition) is 1. The Labute approximate surface area is 61.8 Å². The first-order valence-electron chi connectivity index (χ1n) is 4.12. The Kier molecular flexibility index (Phi) is 1.34. The van der Waals surface area contributed by atoms with E-state index in [9.17, 15) is 0 Å². The molecule has 2 aliphatic rings. The molecule has 1 fully saturated rings. The molecule has 0 aliphatic heterocycles. The number of hydrogen-bond acceptors (Lipinski definition) is 1. The van der Waals surface area contributed by atoms with Crippen LogP contribution in [-0.2, 0) is 0 Å². The van der Waals surface area contributed by atoms with Gasteiger partial charge in [0, 0.05) is 6.61 Å². The fraction of sp³-hybridized carbons (Fsp3) is 0.778. The highest BCUT2D eigenvalue weighted by molar-refractivity contribution is 5.12. The summed E-state index contributed by atoms with van der Waals surface area (Å²) in [6.45, 7) is 2.64. The average Bonchev–Trinajstić information content (AvgIpc) is 2.46. The highest BCUT2D eigenvalue weighted by Crippen LogP contribution is 2.47. The van der Waals surface area contributed by atoms with E-state index in [1.807, 2.05) is 0 Å². The number of rotatable bonds is 1. The Morgan fingerprint density at radius 3 is 2.50 bits per heavy atom. The second kappa shape index (κ2) is 2.09. The first-order valence-corrected chi connectivity index (χ1v) is 4.12. The summed E-state index contributed by atoms with van der Waals surface area (Å²) in [5.74, 6) is 2.77. The van der Waals surface area contributed by atoms with E-state index in [0.29, 0.717) is 18.4 Å². The Morgan fingerprint density at radius 1 is 1.40 bits per heavy atom. The molecule has 0 saturated heterocycles. The molecule has 4 atom stereocenters. The lowest BCUT2D eigenvalue weighted by Gasteiger charge is -2.21. The number of aliphatic hydroxyl groups is 1. The minimum Gasteiger partial charge on any atom is -0.396 e. The van der Waals surface area contributed by atoms with Crippen molar-refractivity contribution in [2.24, 2.45) is 23.7 Å². The van der Waals surface area contributed by atoms with E-state index in [0.717, 1.165) is 11.8 Å². The van der Waals surface area contributed by atoms with Gasteiger partial charge in [-0.15, -0.1) is 0 Å². The zero-order valence-electron chi connectivity index (χ0n) is 6.33. The third-order valence-corrected chi connectivity index (χ3v) is 3.26. The van der Waals surface area contributed by atoms with Crippen molar-refractivity contribution in [2.75, 3.05) is 6.61 Å². The van der Waals surface area contributed by atoms with Crippen molar-refractivity contribution in [1.29, 1.82) is 0 Å². The molecule has 2 bridgehead atoms. The predicted octanol–water partition coefficient (Wildman–Crippen LogP) is 1.44. The van der Waals surface area contributed by atoms with E-state index < -0.39 is 0 Å². The molecule has 0 unspecified atom stereocenters. The summed E-state index contributed by atoms with van der Waals surface area (Å²) in [6.07, 6.45) is 5.90. The zero-order valence-corrected chi connectivity index (χ0v) is 6.33. The lowest BCUT2D eigenvalue weighted by atomic mass is 9.85. The maximum atomic E-state index is 9.02. The highest BCUT2D eigenvalue weighted by atomic mass is 16.3. The normalized spacial score (nSPS) is 50.6. The van der Waals surface area contributed by atoms with Gasteiger partial charge in [0.2, 0.25) is 0 Å². The van der Waals surface area contributed by atoms with Crippen LogP contribution in [0.2, 0.25) is 0 Å². The van der Waals surface area contributed by atoms with Gasteiger partial charge in [-0.3, -0.25) is 0 Å². The van der Waals surface area contributed by atoms with Crippen molar-refractivity contribution in [1.82, 2.24) is 0 Å². The minimum absolute atomic E-state index is 0.382. The molecule has 0 aromatic heterocycles. The van der Waals surface area contributed by atoms with Crippen molar-refractivity contribution in [3.63, 3.8) is 0 Å². The number of aliphatic hydroxyl groups excluding tert-OH is 1. The average molecular weight is 138 g/mol. The molecule has 0 spiro atoms.